The van der Waals surface area contributed by atoms with E-state index in [0.29, 0.717) is 5.76 Å². The molecule has 14 heavy (non-hydrogen) atoms. The molecule has 0 unspecified atom stereocenters. The Kier molecular flexibility index (Phi) is 2.27. The van der Waals surface area contributed by atoms with E-state index < -0.39 is 0 Å². The number of hydrogen-bond donors (Lipinski definition) is 0. The largest absolute Gasteiger partial charge is 0.465 e. The fourth-order valence-corrected chi connectivity index (χ4v) is 1.02. The Morgan fingerprint density at radius 2 is 2.43 bits per heavy atom. The molecule has 0 saturated heterocycles. The van der Waals surface area contributed by atoms with Gasteiger partial charge in [0.05, 0.1) is 6.26 Å². The van der Waals surface area contributed by atoms with Gasteiger partial charge >= 0.3 is 0 Å². The third-order valence-corrected chi connectivity index (χ3v) is 1.66. The van der Waals surface area contributed by atoms with E-state index in [0.717, 1.165) is 0 Å². The lowest BCUT2D eigenvalue weighted by Crippen LogP contribution is -2.06. The highest BCUT2D eigenvalue weighted by molar-refractivity contribution is 5.92. The molecule has 0 aliphatic rings. The first-order chi connectivity index (χ1) is 6.86. The highest BCUT2D eigenvalue weighted by atomic mass is 16.3. The number of rotatable bonds is 2. The molecule has 0 fully saturated rings. The van der Waals surface area contributed by atoms with Crippen molar-refractivity contribution in [3.8, 4) is 0 Å². The van der Waals surface area contributed by atoms with Crippen LogP contribution in [0.4, 0.5) is 0 Å². The van der Waals surface area contributed by atoms with Crippen LogP contribution in [0.3, 0.4) is 0 Å². The van der Waals surface area contributed by atoms with E-state index in [9.17, 15) is 4.79 Å². The Bertz CT molecular complexity index is 427. The van der Waals surface area contributed by atoms with Crippen LogP contribution in [0.2, 0.25) is 0 Å². The predicted octanol–water partition coefficient (Wildman–Crippen LogP) is 1.83. The van der Waals surface area contributed by atoms with Gasteiger partial charge in [-0.2, -0.15) is 5.10 Å². The smallest absolute Gasteiger partial charge is 0.270 e. The molecule has 0 aliphatic heterocycles. The number of carbonyl (C=O) groups excluding carboxylic acids is 1. The van der Waals surface area contributed by atoms with E-state index in [1.165, 1.54) is 10.8 Å². The highest BCUT2D eigenvalue weighted by Crippen LogP contribution is 2.02. The summed E-state index contributed by atoms with van der Waals surface area (Å²) in [6.07, 6.45) is 7.71. The van der Waals surface area contributed by atoms with Gasteiger partial charge in [-0.15, -0.1) is 0 Å². The normalized spacial score (nSPS) is 10.9. The molecule has 0 aromatic carbocycles. The van der Waals surface area contributed by atoms with Crippen LogP contribution in [0.1, 0.15) is 10.6 Å². The summed E-state index contributed by atoms with van der Waals surface area (Å²) in [6.45, 7) is 0. The van der Waals surface area contributed by atoms with Gasteiger partial charge in [-0.1, -0.05) is 0 Å². The van der Waals surface area contributed by atoms with Crippen molar-refractivity contribution >= 4 is 12.0 Å². The molecule has 0 N–H and O–H groups in total. The zero-order valence-electron chi connectivity index (χ0n) is 7.33. The van der Waals surface area contributed by atoms with E-state index in [2.05, 4.69) is 5.10 Å². The highest BCUT2D eigenvalue weighted by Gasteiger charge is 1.98. The molecule has 0 aliphatic carbocycles. The monoisotopic (exact) mass is 188 g/mol. The van der Waals surface area contributed by atoms with E-state index in [1.807, 2.05) is 0 Å². The summed E-state index contributed by atoms with van der Waals surface area (Å²) < 4.78 is 6.28. The van der Waals surface area contributed by atoms with Gasteiger partial charge in [0.2, 0.25) is 0 Å². The Morgan fingerprint density at radius 1 is 1.50 bits per heavy atom. The third kappa shape index (κ3) is 1.80. The van der Waals surface area contributed by atoms with Crippen LogP contribution < -0.4 is 0 Å². The Morgan fingerprint density at radius 3 is 3.07 bits per heavy atom. The van der Waals surface area contributed by atoms with Crippen molar-refractivity contribution in [1.82, 2.24) is 9.78 Å². The molecule has 0 radical (unpaired) electrons. The maximum atomic E-state index is 11.4. The fourth-order valence-electron chi connectivity index (χ4n) is 1.02. The van der Waals surface area contributed by atoms with E-state index in [4.69, 9.17) is 4.42 Å². The molecule has 4 heteroatoms. The quantitative estimate of drug-likeness (QED) is 0.675. The number of carbonyl (C=O) groups is 1. The van der Waals surface area contributed by atoms with Crippen LogP contribution in [0, 0.1) is 0 Å². The summed E-state index contributed by atoms with van der Waals surface area (Å²) in [7, 11) is 0. The Balaban J connectivity index is 2.09. The molecule has 0 spiro atoms. The van der Waals surface area contributed by atoms with Crippen molar-refractivity contribution in [3.63, 3.8) is 0 Å². The zero-order valence-corrected chi connectivity index (χ0v) is 7.33. The van der Waals surface area contributed by atoms with Gasteiger partial charge in [0, 0.05) is 18.5 Å². The molecule has 0 saturated carbocycles. The number of aromatic nitrogens is 2. The van der Waals surface area contributed by atoms with Gasteiger partial charge in [0.1, 0.15) is 5.76 Å². The van der Waals surface area contributed by atoms with Gasteiger partial charge in [0.25, 0.3) is 5.91 Å². The second-order valence-electron chi connectivity index (χ2n) is 2.64. The minimum absolute atomic E-state index is 0.202. The molecule has 2 aromatic rings. The Labute approximate surface area is 80.5 Å². The molecular formula is C10H8N2O2. The van der Waals surface area contributed by atoms with Gasteiger partial charge in [-0.25, -0.2) is 4.68 Å². The fraction of sp³-hybridized carbons (Fsp3) is 0. The maximum absolute atomic E-state index is 11.4. The average Bonchev–Trinajstić information content (AvgIpc) is 2.87. The Hall–Kier alpha value is -2.10. The van der Waals surface area contributed by atoms with Gasteiger partial charge in [-0.05, 0) is 24.3 Å². The number of nitrogens with zero attached hydrogens (tertiary/aromatic N) is 2. The standard InChI is InChI=1S/C10H8N2O2/c13-10(12-7-2-6-11-12)5-4-9-3-1-8-14-9/h1-8H/b5-4-. The van der Waals surface area contributed by atoms with Crippen molar-refractivity contribution in [1.29, 1.82) is 0 Å². The molecule has 70 valence electrons. The zero-order chi connectivity index (χ0) is 9.80. The second kappa shape index (κ2) is 3.74. The summed E-state index contributed by atoms with van der Waals surface area (Å²) in [5.41, 5.74) is 0. The van der Waals surface area contributed by atoms with Crippen LogP contribution in [-0.4, -0.2) is 15.7 Å². The molecular weight excluding hydrogens is 180 g/mol. The summed E-state index contributed by atoms with van der Waals surface area (Å²) in [4.78, 5) is 11.4. The first kappa shape index (κ1) is 8.50. The van der Waals surface area contributed by atoms with E-state index in [-0.39, 0.29) is 5.91 Å². The summed E-state index contributed by atoms with van der Waals surface area (Å²) in [6, 6.07) is 5.23. The lowest BCUT2D eigenvalue weighted by molar-refractivity contribution is 0.0955. The van der Waals surface area contributed by atoms with Gasteiger partial charge < -0.3 is 4.42 Å². The molecule has 2 heterocycles. The summed E-state index contributed by atoms with van der Waals surface area (Å²) in [5.74, 6) is 0.442. The number of furan rings is 1. The molecule has 0 atom stereocenters. The minimum atomic E-state index is -0.202. The first-order valence-electron chi connectivity index (χ1n) is 4.12. The third-order valence-electron chi connectivity index (χ3n) is 1.66. The molecule has 0 bridgehead atoms. The van der Waals surface area contributed by atoms with Gasteiger partial charge in [-0.3, -0.25) is 4.79 Å². The van der Waals surface area contributed by atoms with Crippen molar-refractivity contribution in [3.05, 3.63) is 48.7 Å². The number of allylic oxidation sites excluding steroid dienone is 1. The average molecular weight is 188 g/mol. The van der Waals surface area contributed by atoms with Crippen molar-refractivity contribution in [2.45, 2.75) is 0 Å². The minimum Gasteiger partial charge on any atom is -0.465 e. The predicted molar refractivity (Wildman–Crippen MR) is 50.6 cm³/mol. The molecule has 2 aromatic heterocycles. The van der Waals surface area contributed by atoms with Crippen molar-refractivity contribution < 1.29 is 9.21 Å². The summed E-state index contributed by atoms with van der Waals surface area (Å²) >= 11 is 0. The van der Waals surface area contributed by atoms with Crippen LogP contribution in [-0.2, 0) is 0 Å². The van der Waals surface area contributed by atoms with Gasteiger partial charge in [0.15, 0.2) is 0 Å². The van der Waals surface area contributed by atoms with Crippen LogP contribution >= 0.6 is 0 Å². The SMILES string of the molecule is O=C(/C=C\c1ccco1)n1cccn1. The van der Waals surface area contributed by atoms with Crippen molar-refractivity contribution in [2.75, 3.05) is 0 Å². The lowest BCUT2D eigenvalue weighted by atomic mass is 10.4. The lowest BCUT2D eigenvalue weighted by Gasteiger charge is -1.91. The van der Waals surface area contributed by atoms with Crippen LogP contribution in [0.25, 0.3) is 6.08 Å². The van der Waals surface area contributed by atoms with Crippen LogP contribution in [0.15, 0.2) is 47.3 Å². The van der Waals surface area contributed by atoms with Crippen LogP contribution in [0.5, 0.6) is 0 Å². The summed E-state index contributed by atoms with van der Waals surface area (Å²) in [5, 5.41) is 3.80. The van der Waals surface area contributed by atoms with E-state index in [1.54, 1.807) is 42.9 Å². The first-order valence-corrected chi connectivity index (χ1v) is 4.12. The van der Waals surface area contributed by atoms with E-state index >= 15 is 0 Å². The molecule has 0 amide bonds. The second-order valence-corrected chi connectivity index (χ2v) is 2.64. The molecule has 2 rings (SSSR count). The maximum Gasteiger partial charge on any atom is 0.270 e. The topological polar surface area (TPSA) is 48.0 Å². The number of hydrogen-bond acceptors (Lipinski definition) is 3. The van der Waals surface area contributed by atoms with Crippen molar-refractivity contribution in [2.24, 2.45) is 0 Å². The molecule has 4 nitrogen and oxygen atoms in total.